The van der Waals surface area contributed by atoms with Gasteiger partial charge in [-0.2, -0.15) is 4.99 Å². The Hall–Kier alpha value is -2.42. The zero-order chi connectivity index (χ0) is 20.5. The Labute approximate surface area is 181 Å². The quantitative estimate of drug-likeness (QED) is 0.624. The van der Waals surface area contributed by atoms with Crippen molar-refractivity contribution in [2.75, 3.05) is 12.4 Å². The summed E-state index contributed by atoms with van der Waals surface area (Å²) in [4.78, 5) is 35.5. The number of aliphatic imine (C=N–C) groups is 1. The molecule has 1 saturated heterocycles. The number of para-hydroxylation sites is 1. The Bertz CT molecular complexity index is 1110. The van der Waals surface area contributed by atoms with Crippen LogP contribution in [0.5, 0.6) is 0 Å². The maximum Gasteiger partial charge on any atom is 0.242 e. The molecule has 0 unspecified atom stereocenters. The highest BCUT2D eigenvalue weighted by atomic mass is 35.5. The normalized spacial score (nSPS) is 18.0. The van der Waals surface area contributed by atoms with Gasteiger partial charge in [0.1, 0.15) is 5.25 Å². The van der Waals surface area contributed by atoms with E-state index in [2.05, 4.69) is 15.3 Å². The minimum absolute atomic E-state index is 0.0538. The van der Waals surface area contributed by atoms with E-state index in [9.17, 15) is 9.59 Å². The number of nitrogens with zero attached hydrogens (tertiary/aromatic N) is 3. The van der Waals surface area contributed by atoms with E-state index in [1.54, 1.807) is 19.2 Å². The van der Waals surface area contributed by atoms with E-state index in [4.69, 9.17) is 11.6 Å². The van der Waals surface area contributed by atoms with Crippen molar-refractivity contribution >= 4 is 72.7 Å². The van der Waals surface area contributed by atoms with Crippen LogP contribution in [-0.2, 0) is 9.59 Å². The second-order valence-electron chi connectivity index (χ2n) is 6.58. The number of amidine groups is 1. The lowest BCUT2D eigenvalue weighted by molar-refractivity contribution is -0.127. The molecule has 1 aliphatic rings. The first-order chi connectivity index (χ1) is 13.9. The smallest absolute Gasteiger partial charge is 0.242 e. The molecule has 2 heterocycles. The minimum atomic E-state index is -0.519. The molecule has 1 fully saturated rings. The number of thioether (sulfide) groups is 1. The van der Waals surface area contributed by atoms with Crippen LogP contribution in [0.3, 0.4) is 0 Å². The van der Waals surface area contributed by atoms with Gasteiger partial charge in [0.25, 0.3) is 0 Å². The fraction of sp³-hybridized carbons (Fsp3) is 0.200. The van der Waals surface area contributed by atoms with Crippen molar-refractivity contribution in [3.63, 3.8) is 0 Å². The largest absolute Gasteiger partial charge is 0.326 e. The molecule has 1 N–H and O–H groups in total. The van der Waals surface area contributed by atoms with Gasteiger partial charge in [-0.05, 0) is 36.8 Å². The van der Waals surface area contributed by atoms with Crippen LogP contribution in [0.15, 0.2) is 47.5 Å². The Morgan fingerprint density at radius 2 is 2.10 bits per heavy atom. The van der Waals surface area contributed by atoms with E-state index in [1.807, 2.05) is 37.3 Å². The van der Waals surface area contributed by atoms with Crippen molar-refractivity contribution < 1.29 is 9.59 Å². The SMILES string of the molecule is Cc1ccc(NC(=O)C[C@@H]2SC(=Nc3nc4ccccc4s3)N(C)C2=O)cc1Cl. The van der Waals surface area contributed by atoms with Crippen LogP contribution in [0.2, 0.25) is 5.02 Å². The van der Waals surface area contributed by atoms with Crippen LogP contribution in [0, 0.1) is 6.92 Å². The number of halogens is 1. The van der Waals surface area contributed by atoms with Gasteiger partial charge in [0, 0.05) is 24.2 Å². The number of fused-ring (bicyclic) bond motifs is 1. The Morgan fingerprint density at radius 3 is 2.86 bits per heavy atom. The van der Waals surface area contributed by atoms with Gasteiger partial charge < -0.3 is 5.32 Å². The topological polar surface area (TPSA) is 74.7 Å². The third-order valence-electron chi connectivity index (χ3n) is 4.44. The zero-order valence-electron chi connectivity index (χ0n) is 15.7. The summed E-state index contributed by atoms with van der Waals surface area (Å²) in [5, 5.41) is 4.00. The van der Waals surface area contributed by atoms with Crippen molar-refractivity contribution in [2.45, 2.75) is 18.6 Å². The fourth-order valence-corrected chi connectivity index (χ4v) is 5.05. The number of amides is 2. The molecule has 1 aromatic heterocycles. The first-order valence-electron chi connectivity index (χ1n) is 8.85. The van der Waals surface area contributed by atoms with E-state index in [1.165, 1.54) is 28.0 Å². The number of carbonyl (C=O) groups excluding carboxylic acids is 2. The molecule has 0 bridgehead atoms. The van der Waals surface area contributed by atoms with Crippen LogP contribution < -0.4 is 5.32 Å². The number of nitrogens with one attached hydrogen (secondary N) is 1. The van der Waals surface area contributed by atoms with E-state index >= 15 is 0 Å². The van der Waals surface area contributed by atoms with Crippen molar-refractivity contribution in [1.82, 2.24) is 9.88 Å². The number of aryl methyl sites for hydroxylation is 1. The van der Waals surface area contributed by atoms with Crippen molar-refractivity contribution in [3.8, 4) is 0 Å². The lowest BCUT2D eigenvalue weighted by Crippen LogP contribution is -2.30. The summed E-state index contributed by atoms with van der Waals surface area (Å²) in [5.74, 6) is -0.391. The molecule has 2 amide bonds. The molecule has 1 aliphatic heterocycles. The molecule has 148 valence electrons. The Balaban J connectivity index is 1.45. The summed E-state index contributed by atoms with van der Waals surface area (Å²) in [6.45, 7) is 1.89. The summed E-state index contributed by atoms with van der Waals surface area (Å²) in [5.41, 5.74) is 2.42. The third kappa shape index (κ3) is 4.29. The van der Waals surface area contributed by atoms with Crippen molar-refractivity contribution in [3.05, 3.63) is 53.1 Å². The molecule has 0 saturated carbocycles. The molecule has 1 atom stereocenters. The summed E-state index contributed by atoms with van der Waals surface area (Å²) < 4.78 is 1.04. The fourth-order valence-electron chi connectivity index (χ4n) is 2.84. The number of anilines is 1. The summed E-state index contributed by atoms with van der Waals surface area (Å²) in [6.07, 6.45) is 0.0538. The highest BCUT2D eigenvalue weighted by molar-refractivity contribution is 8.15. The second-order valence-corrected chi connectivity index (χ2v) is 9.16. The summed E-state index contributed by atoms with van der Waals surface area (Å²) in [6, 6.07) is 13.1. The molecular formula is C20H17ClN4O2S2. The molecule has 4 rings (SSSR count). The van der Waals surface area contributed by atoms with Crippen LogP contribution in [0.4, 0.5) is 10.8 Å². The highest BCUT2D eigenvalue weighted by Gasteiger charge is 2.37. The van der Waals surface area contributed by atoms with Crippen LogP contribution in [-0.4, -0.2) is 39.2 Å². The first kappa shape index (κ1) is 19.9. The second kappa shape index (κ2) is 8.14. The van der Waals surface area contributed by atoms with Crippen molar-refractivity contribution in [2.24, 2.45) is 4.99 Å². The number of hydrogen-bond donors (Lipinski definition) is 1. The van der Waals surface area contributed by atoms with E-state index < -0.39 is 5.25 Å². The van der Waals surface area contributed by atoms with Gasteiger partial charge in [0.05, 0.1) is 10.2 Å². The van der Waals surface area contributed by atoms with E-state index in [-0.39, 0.29) is 18.2 Å². The molecule has 0 radical (unpaired) electrons. The zero-order valence-corrected chi connectivity index (χ0v) is 18.1. The molecule has 3 aromatic rings. The summed E-state index contributed by atoms with van der Waals surface area (Å²) in [7, 11) is 1.67. The van der Waals surface area contributed by atoms with Gasteiger partial charge in [0.2, 0.25) is 16.9 Å². The van der Waals surface area contributed by atoms with Crippen LogP contribution in [0.25, 0.3) is 10.2 Å². The number of thiazole rings is 1. The average Bonchev–Trinajstić information content (AvgIpc) is 3.21. The predicted molar refractivity (Wildman–Crippen MR) is 120 cm³/mol. The molecule has 9 heteroatoms. The Kier molecular flexibility index (Phi) is 5.58. The molecule has 0 aliphatic carbocycles. The van der Waals surface area contributed by atoms with Gasteiger partial charge in [-0.15, -0.1) is 0 Å². The minimum Gasteiger partial charge on any atom is -0.326 e. The van der Waals surface area contributed by atoms with Gasteiger partial charge in [-0.25, -0.2) is 4.98 Å². The Morgan fingerprint density at radius 1 is 1.31 bits per heavy atom. The lowest BCUT2D eigenvalue weighted by Gasteiger charge is -2.10. The number of aromatic nitrogens is 1. The van der Waals surface area contributed by atoms with E-state index in [0.717, 1.165) is 15.8 Å². The van der Waals surface area contributed by atoms with Crippen molar-refractivity contribution in [1.29, 1.82) is 0 Å². The number of benzene rings is 2. The number of carbonyl (C=O) groups is 2. The van der Waals surface area contributed by atoms with Crippen LogP contribution in [0.1, 0.15) is 12.0 Å². The van der Waals surface area contributed by atoms with Gasteiger partial charge in [0.15, 0.2) is 5.17 Å². The maximum atomic E-state index is 12.6. The van der Waals surface area contributed by atoms with Gasteiger partial charge >= 0.3 is 0 Å². The lowest BCUT2D eigenvalue weighted by atomic mass is 10.2. The summed E-state index contributed by atoms with van der Waals surface area (Å²) >= 11 is 8.85. The monoisotopic (exact) mass is 444 g/mol. The first-order valence-corrected chi connectivity index (χ1v) is 10.9. The number of hydrogen-bond acceptors (Lipinski definition) is 6. The molecule has 0 spiro atoms. The van der Waals surface area contributed by atoms with Gasteiger partial charge in [-0.1, -0.05) is 52.9 Å². The predicted octanol–water partition coefficient (Wildman–Crippen LogP) is 4.85. The number of rotatable bonds is 4. The molecule has 2 aromatic carbocycles. The molecule has 29 heavy (non-hydrogen) atoms. The van der Waals surface area contributed by atoms with Crippen LogP contribution >= 0.6 is 34.7 Å². The highest BCUT2D eigenvalue weighted by Crippen LogP contribution is 2.34. The maximum absolute atomic E-state index is 12.6. The standard InChI is InChI=1S/C20H17ClN4O2S2/c1-11-7-8-12(9-13(11)21)22-17(26)10-16-18(27)25(2)20(29-16)24-19-23-14-5-3-4-6-15(14)28-19/h3-9,16H,10H2,1-2H3,(H,22,26)/t16-/m0/s1. The average molecular weight is 445 g/mol. The van der Waals surface area contributed by atoms with Gasteiger partial charge in [-0.3, -0.25) is 14.5 Å². The van der Waals surface area contributed by atoms with E-state index in [0.29, 0.717) is 21.0 Å². The molecular weight excluding hydrogens is 428 g/mol. The third-order valence-corrected chi connectivity index (χ3v) is 7.01. The molecule has 6 nitrogen and oxygen atoms in total.